The number of benzene rings is 1. The third-order valence-corrected chi connectivity index (χ3v) is 5.64. The molecule has 138 valence electrons. The van der Waals surface area contributed by atoms with E-state index >= 15 is 0 Å². The van der Waals surface area contributed by atoms with Crippen LogP contribution in [-0.2, 0) is 14.8 Å². The number of rotatable bonds is 4. The van der Waals surface area contributed by atoms with E-state index in [1.54, 1.807) is 0 Å². The van der Waals surface area contributed by atoms with Crippen molar-refractivity contribution in [2.75, 3.05) is 13.1 Å². The van der Waals surface area contributed by atoms with E-state index in [1.165, 1.54) is 0 Å². The summed E-state index contributed by atoms with van der Waals surface area (Å²) in [4.78, 5) is 20.7. The standard InChI is InChI=1S/C13H14F3N3O5S/c14-13(15,16)12(20)17-9-5-7-18(8-6-9)25(23,24)11-3-1-10(2-4-11)19(21)22/h1-4,9H,5-8H2,(H,17,20). The largest absolute Gasteiger partial charge is 0.471 e. The Morgan fingerprint density at radius 2 is 1.72 bits per heavy atom. The number of hydrogen-bond donors (Lipinski definition) is 1. The molecule has 0 aromatic heterocycles. The molecule has 8 nitrogen and oxygen atoms in total. The summed E-state index contributed by atoms with van der Waals surface area (Å²) >= 11 is 0. The van der Waals surface area contributed by atoms with E-state index in [9.17, 15) is 36.5 Å². The van der Waals surface area contributed by atoms with Crippen LogP contribution in [0.25, 0.3) is 0 Å². The molecule has 25 heavy (non-hydrogen) atoms. The normalized spacial score (nSPS) is 17.2. The molecule has 1 saturated heterocycles. The summed E-state index contributed by atoms with van der Waals surface area (Å²) in [6.45, 7) is -0.135. The van der Waals surface area contributed by atoms with Crippen LogP contribution < -0.4 is 5.32 Å². The van der Waals surface area contributed by atoms with E-state index in [4.69, 9.17) is 0 Å². The van der Waals surface area contributed by atoms with E-state index in [0.717, 1.165) is 28.6 Å². The van der Waals surface area contributed by atoms with Crippen molar-refractivity contribution in [2.24, 2.45) is 0 Å². The first-order chi connectivity index (χ1) is 11.5. The number of amides is 1. The first-order valence-electron chi connectivity index (χ1n) is 7.14. The topological polar surface area (TPSA) is 110 Å². The molecule has 1 fully saturated rings. The number of piperidine rings is 1. The van der Waals surface area contributed by atoms with E-state index in [2.05, 4.69) is 0 Å². The van der Waals surface area contributed by atoms with Crippen molar-refractivity contribution in [1.82, 2.24) is 9.62 Å². The molecule has 12 heteroatoms. The van der Waals surface area contributed by atoms with E-state index in [0.29, 0.717) is 0 Å². The molecule has 2 rings (SSSR count). The average Bonchev–Trinajstić information content (AvgIpc) is 2.54. The lowest BCUT2D eigenvalue weighted by Gasteiger charge is -2.31. The molecule has 1 heterocycles. The Balaban J connectivity index is 2.01. The van der Waals surface area contributed by atoms with Gasteiger partial charge in [-0.15, -0.1) is 0 Å². The lowest BCUT2D eigenvalue weighted by Crippen LogP contribution is -2.49. The summed E-state index contributed by atoms with van der Waals surface area (Å²) in [7, 11) is -3.91. The quantitative estimate of drug-likeness (QED) is 0.627. The fraction of sp³-hybridized carbons (Fsp3) is 0.462. The van der Waals surface area contributed by atoms with Crippen LogP contribution in [0.15, 0.2) is 29.2 Å². The number of nitro groups is 1. The highest BCUT2D eigenvalue weighted by Crippen LogP contribution is 2.23. The Bertz CT molecular complexity index is 756. The van der Waals surface area contributed by atoms with Gasteiger partial charge in [-0.05, 0) is 25.0 Å². The minimum atomic E-state index is -4.98. The highest BCUT2D eigenvalue weighted by atomic mass is 32.2. The third kappa shape index (κ3) is 4.45. The molecule has 0 spiro atoms. The second kappa shape index (κ2) is 6.96. The third-order valence-electron chi connectivity index (χ3n) is 3.73. The SMILES string of the molecule is O=C(NC1CCN(S(=O)(=O)c2ccc([N+](=O)[O-])cc2)CC1)C(F)(F)F. The van der Waals surface area contributed by atoms with Gasteiger partial charge in [-0.2, -0.15) is 17.5 Å². The minimum Gasteiger partial charge on any atom is -0.345 e. The van der Waals surface area contributed by atoms with Crippen LogP contribution in [0.2, 0.25) is 0 Å². The van der Waals surface area contributed by atoms with Gasteiger partial charge in [0.15, 0.2) is 0 Å². The summed E-state index contributed by atoms with van der Waals surface area (Å²) in [6.07, 6.45) is -4.91. The van der Waals surface area contributed by atoms with Crippen LogP contribution >= 0.6 is 0 Å². The molecule has 0 saturated carbocycles. The number of halogens is 3. The first-order valence-corrected chi connectivity index (χ1v) is 8.58. The van der Waals surface area contributed by atoms with Gasteiger partial charge >= 0.3 is 12.1 Å². The number of nitro benzene ring substituents is 1. The first kappa shape index (κ1) is 19.1. The fourth-order valence-corrected chi connectivity index (χ4v) is 3.87. The highest BCUT2D eigenvalue weighted by molar-refractivity contribution is 7.89. The molecule has 0 unspecified atom stereocenters. The Morgan fingerprint density at radius 3 is 2.16 bits per heavy atom. The molecule has 1 amide bonds. The molecular formula is C13H14F3N3O5S. The summed E-state index contributed by atoms with van der Waals surface area (Å²) in [5, 5.41) is 12.4. The zero-order valence-electron chi connectivity index (χ0n) is 12.7. The molecule has 1 aromatic rings. The monoisotopic (exact) mass is 381 g/mol. The lowest BCUT2D eigenvalue weighted by atomic mass is 10.1. The second-order valence-corrected chi connectivity index (χ2v) is 7.34. The van der Waals surface area contributed by atoms with Crippen LogP contribution in [0.3, 0.4) is 0 Å². The molecule has 1 aliphatic rings. The molecular weight excluding hydrogens is 367 g/mol. The maximum Gasteiger partial charge on any atom is 0.471 e. The smallest absolute Gasteiger partial charge is 0.345 e. The van der Waals surface area contributed by atoms with Gasteiger partial charge in [0.2, 0.25) is 10.0 Å². The molecule has 0 atom stereocenters. The van der Waals surface area contributed by atoms with E-state index < -0.39 is 33.1 Å². The fourth-order valence-electron chi connectivity index (χ4n) is 2.40. The molecule has 1 aliphatic heterocycles. The van der Waals surface area contributed by atoms with Gasteiger partial charge < -0.3 is 5.32 Å². The number of nitrogens with zero attached hydrogens (tertiary/aromatic N) is 2. The van der Waals surface area contributed by atoms with Crippen molar-refractivity contribution in [1.29, 1.82) is 0 Å². The summed E-state index contributed by atoms with van der Waals surface area (Å²) in [5.41, 5.74) is -0.257. The van der Waals surface area contributed by atoms with Crippen molar-refractivity contribution < 1.29 is 31.3 Å². The zero-order valence-corrected chi connectivity index (χ0v) is 13.5. The summed E-state index contributed by atoms with van der Waals surface area (Å²) in [6, 6.07) is 3.56. The average molecular weight is 381 g/mol. The molecule has 1 aromatic carbocycles. The van der Waals surface area contributed by atoms with Crippen LogP contribution in [0.1, 0.15) is 12.8 Å². The number of carbonyl (C=O) groups is 1. The number of nitrogens with one attached hydrogen (secondary N) is 1. The van der Waals surface area contributed by atoms with E-state index in [-0.39, 0.29) is 36.5 Å². The van der Waals surface area contributed by atoms with Gasteiger partial charge in [-0.3, -0.25) is 14.9 Å². The van der Waals surface area contributed by atoms with Crippen molar-refractivity contribution in [2.45, 2.75) is 30.0 Å². The maximum absolute atomic E-state index is 12.4. The molecule has 1 N–H and O–H groups in total. The van der Waals surface area contributed by atoms with Crippen molar-refractivity contribution in [3.63, 3.8) is 0 Å². The molecule has 0 bridgehead atoms. The van der Waals surface area contributed by atoms with Crippen molar-refractivity contribution in [3.05, 3.63) is 34.4 Å². The number of hydrogen-bond acceptors (Lipinski definition) is 5. The van der Waals surface area contributed by atoms with Gasteiger partial charge in [0.25, 0.3) is 5.69 Å². The van der Waals surface area contributed by atoms with Crippen LogP contribution in [0.5, 0.6) is 0 Å². The van der Waals surface area contributed by atoms with Gasteiger partial charge in [0.1, 0.15) is 0 Å². The van der Waals surface area contributed by atoms with Crippen molar-refractivity contribution in [3.8, 4) is 0 Å². The molecule has 0 aliphatic carbocycles. The van der Waals surface area contributed by atoms with Gasteiger partial charge in [0.05, 0.1) is 9.82 Å². The number of alkyl halides is 3. The van der Waals surface area contributed by atoms with Crippen LogP contribution in [0, 0.1) is 10.1 Å². The van der Waals surface area contributed by atoms with Crippen LogP contribution in [-0.4, -0.2) is 48.9 Å². The lowest BCUT2D eigenvalue weighted by molar-refractivity contribution is -0.384. The minimum absolute atomic E-state index is 0.0357. The molecule has 0 radical (unpaired) electrons. The van der Waals surface area contributed by atoms with Crippen LogP contribution in [0.4, 0.5) is 18.9 Å². The van der Waals surface area contributed by atoms with Gasteiger partial charge in [-0.25, -0.2) is 8.42 Å². The Hall–Kier alpha value is -2.21. The van der Waals surface area contributed by atoms with E-state index in [1.807, 2.05) is 5.32 Å². The number of carbonyl (C=O) groups excluding carboxylic acids is 1. The second-order valence-electron chi connectivity index (χ2n) is 5.40. The summed E-state index contributed by atoms with van der Waals surface area (Å²) < 4.78 is 62.6. The Labute approximate surface area is 140 Å². The maximum atomic E-state index is 12.4. The Morgan fingerprint density at radius 1 is 1.20 bits per heavy atom. The Kier molecular flexibility index (Phi) is 5.32. The summed E-state index contributed by atoms with van der Waals surface area (Å²) in [5.74, 6) is -2.05. The number of sulfonamides is 1. The zero-order chi connectivity index (χ0) is 18.8. The van der Waals surface area contributed by atoms with Gasteiger partial charge in [0, 0.05) is 31.3 Å². The van der Waals surface area contributed by atoms with Crippen molar-refractivity contribution >= 4 is 21.6 Å². The number of non-ortho nitro benzene ring substituents is 1. The van der Waals surface area contributed by atoms with Gasteiger partial charge in [-0.1, -0.05) is 0 Å². The predicted octanol–water partition coefficient (Wildman–Crippen LogP) is 1.43. The predicted molar refractivity (Wildman–Crippen MR) is 79.1 cm³/mol. The highest BCUT2D eigenvalue weighted by Gasteiger charge is 2.40.